The summed E-state index contributed by atoms with van der Waals surface area (Å²) in [6.07, 6.45) is 3.33. The number of rotatable bonds is 6. The van der Waals surface area contributed by atoms with Gasteiger partial charge in [-0.3, -0.25) is 9.59 Å². The Labute approximate surface area is 101 Å². The van der Waals surface area contributed by atoms with E-state index in [0.717, 1.165) is 19.3 Å². The Bertz CT molecular complexity index is 385. The fourth-order valence-corrected chi connectivity index (χ4v) is 1.47. The van der Waals surface area contributed by atoms with Crippen molar-refractivity contribution >= 4 is 11.8 Å². The van der Waals surface area contributed by atoms with Gasteiger partial charge in [-0.25, -0.2) is 0 Å². The molecular formula is C13H18N2O2. The largest absolute Gasteiger partial charge is 0.368 e. The van der Waals surface area contributed by atoms with Gasteiger partial charge in [-0.2, -0.15) is 0 Å². The highest BCUT2D eigenvalue weighted by Crippen LogP contribution is 2.07. The first-order valence-corrected chi connectivity index (χ1v) is 5.79. The van der Waals surface area contributed by atoms with Crippen LogP contribution in [0.25, 0.3) is 0 Å². The molecule has 4 nitrogen and oxygen atoms in total. The molecule has 0 heterocycles. The minimum atomic E-state index is -0.544. The van der Waals surface area contributed by atoms with E-state index < -0.39 is 5.91 Å². The lowest BCUT2D eigenvalue weighted by Gasteiger charge is -2.04. The molecule has 0 bridgehead atoms. The van der Waals surface area contributed by atoms with E-state index in [-0.39, 0.29) is 12.5 Å². The molecule has 17 heavy (non-hydrogen) atoms. The summed E-state index contributed by atoms with van der Waals surface area (Å²) >= 11 is 0. The molecule has 0 aromatic heterocycles. The number of unbranched alkanes of at least 4 members (excludes halogenated alkanes) is 1. The van der Waals surface area contributed by atoms with Crippen LogP contribution in [0.3, 0.4) is 0 Å². The van der Waals surface area contributed by atoms with Crippen LogP contribution in [0.2, 0.25) is 0 Å². The van der Waals surface area contributed by atoms with Crippen LogP contribution in [0.15, 0.2) is 24.3 Å². The Balaban J connectivity index is 2.54. The summed E-state index contributed by atoms with van der Waals surface area (Å²) in [7, 11) is 0. The molecule has 2 amide bonds. The van der Waals surface area contributed by atoms with Gasteiger partial charge >= 0.3 is 0 Å². The summed E-state index contributed by atoms with van der Waals surface area (Å²) < 4.78 is 0. The minimum Gasteiger partial charge on any atom is -0.368 e. The Kier molecular flexibility index (Phi) is 5.20. The zero-order chi connectivity index (χ0) is 12.7. The van der Waals surface area contributed by atoms with Crippen molar-refractivity contribution in [1.82, 2.24) is 5.32 Å². The zero-order valence-electron chi connectivity index (χ0n) is 10.0. The lowest BCUT2D eigenvalue weighted by atomic mass is 10.1. The third kappa shape index (κ3) is 4.68. The molecule has 4 heteroatoms. The molecule has 0 aliphatic heterocycles. The zero-order valence-corrected chi connectivity index (χ0v) is 10.0. The molecule has 1 rings (SSSR count). The van der Waals surface area contributed by atoms with Crippen molar-refractivity contribution in [1.29, 1.82) is 0 Å². The first kappa shape index (κ1) is 13.2. The standard InChI is InChI=1S/C13H18N2O2/c1-2-3-4-10-5-7-11(8-6-10)13(17)15-9-12(14)16/h5-8H,2-4,9H2,1H3,(H2,14,16)(H,15,17). The summed E-state index contributed by atoms with van der Waals surface area (Å²) in [4.78, 5) is 22.1. The van der Waals surface area contributed by atoms with Crippen molar-refractivity contribution < 1.29 is 9.59 Å². The van der Waals surface area contributed by atoms with Gasteiger partial charge in [-0.15, -0.1) is 0 Å². The second-order valence-electron chi connectivity index (χ2n) is 3.95. The highest BCUT2D eigenvalue weighted by Gasteiger charge is 2.05. The van der Waals surface area contributed by atoms with Crippen molar-refractivity contribution in [3.63, 3.8) is 0 Å². The fourth-order valence-electron chi connectivity index (χ4n) is 1.47. The van der Waals surface area contributed by atoms with E-state index in [4.69, 9.17) is 5.73 Å². The number of carbonyl (C=O) groups excluding carboxylic acids is 2. The van der Waals surface area contributed by atoms with Crippen molar-refractivity contribution in [2.24, 2.45) is 5.73 Å². The molecule has 0 atom stereocenters. The van der Waals surface area contributed by atoms with E-state index in [2.05, 4.69) is 12.2 Å². The Morgan fingerprint density at radius 2 is 1.88 bits per heavy atom. The maximum absolute atomic E-state index is 11.6. The van der Waals surface area contributed by atoms with E-state index in [1.165, 1.54) is 5.56 Å². The Morgan fingerprint density at radius 1 is 1.24 bits per heavy atom. The molecule has 0 spiro atoms. The topological polar surface area (TPSA) is 72.2 Å². The number of aryl methyl sites for hydroxylation is 1. The Morgan fingerprint density at radius 3 is 2.41 bits per heavy atom. The molecule has 0 saturated carbocycles. The van der Waals surface area contributed by atoms with E-state index in [0.29, 0.717) is 5.56 Å². The van der Waals surface area contributed by atoms with Gasteiger partial charge in [0.05, 0.1) is 6.54 Å². The third-order valence-corrected chi connectivity index (χ3v) is 2.46. The molecule has 92 valence electrons. The molecular weight excluding hydrogens is 216 g/mol. The lowest BCUT2D eigenvalue weighted by Crippen LogP contribution is -2.33. The van der Waals surface area contributed by atoms with Gasteiger partial charge in [-0.05, 0) is 30.5 Å². The molecule has 0 saturated heterocycles. The third-order valence-electron chi connectivity index (χ3n) is 2.46. The molecule has 0 fully saturated rings. The van der Waals surface area contributed by atoms with Crippen LogP contribution >= 0.6 is 0 Å². The number of hydrogen-bond acceptors (Lipinski definition) is 2. The van der Waals surface area contributed by atoms with Crippen LogP contribution in [0, 0.1) is 0 Å². The normalized spacial score (nSPS) is 9.94. The van der Waals surface area contributed by atoms with Crippen molar-refractivity contribution in [3.05, 3.63) is 35.4 Å². The molecule has 0 aliphatic carbocycles. The van der Waals surface area contributed by atoms with Crippen LogP contribution in [-0.2, 0) is 11.2 Å². The van der Waals surface area contributed by atoms with E-state index in [1.807, 2.05) is 12.1 Å². The number of nitrogens with one attached hydrogen (secondary N) is 1. The summed E-state index contributed by atoms with van der Waals surface area (Å²) in [5.41, 5.74) is 6.71. The van der Waals surface area contributed by atoms with E-state index >= 15 is 0 Å². The predicted octanol–water partition coefficient (Wildman–Crippen LogP) is 1.24. The van der Waals surface area contributed by atoms with E-state index in [9.17, 15) is 9.59 Å². The number of hydrogen-bond donors (Lipinski definition) is 2. The lowest BCUT2D eigenvalue weighted by molar-refractivity contribution is -0.117. The molecule has 0 aliphatic rings. The summed E-state index contributed by atoms with van der Waals surface area (Å²) in [5.74, 6) is -0.816. The fraction of sp³-hybridized carbons (Fsp3) is 0.385. The number of amides is 2. The van der Waals surface area contributed by atoms with Gasteiger partial charge in [0, 0.05) is 5.56 Å². The maximum atomic E-state index is 11.6. The van der Waals surface area contributed by atoms with Crippen molar-refractivity contribution in [3.8, 4) is 0 Å². The average molecular weight is 234 g/mol. The highest BCUT2D eigenvalue weighted by molar-refractivity contribution is 5.96. The number of carbonyl (C=O) groups is 2. The van der Waals surface area contributed by atoms with Gasteiger partial charge in [0.2, 0.25) is 5.91 Å². The van der Waals surface area contributed by atoms with Gasteiger partial charge in [0.1, 0.15) is 0 Å². The first-order valence-electron chi connectivity index (χ1n) is 5.79. The number of benzene rings is 1. The monoisotopic (exact) mass is 234 g/mol. The molecule has 0 unspecified atom stereocenters. The van der Waals surface area contributed by atoms with Gasteiger partial charge < -0.3 is 11.1 Å². The second-order valence-corrected chi connectivity index (χ2v) is 3.95. The molecule has 1 aromatic rings. The highest BCUT2D eigenvalue weighted by atomic mass is 16.2. The van der Waals surface area contributed by atoms with Gasteiger partial charge in [0.25, 0.3) is 5.91 Å². The van der Waals surface area contributed by atoms with Crippen molar-refractivity contribution in [2.45, 2.75) is 26.2 Å². The summed E-state index contributed by atoms with van der Waals surface area (Å²) in [6, 6.07) is 7.41. The summed E-state index contributed by atoms with van der Waals surface area (Å²) in [6.45, 7) is 2.02. The maximum Gasteiger partial charge on any atom is 0.251 e. The van der Waals surface area contributed by atoms with Crippen LogP contribution in [0.5, 0.6) is 0 Å². The predicted molar refractivity (Wildman–Crippen MR) is 66.6 cm³/mol. The molecule has 3 N–H and O–H groups in total. The quantitative estimate of drug-likeness (QED) is 0.777. The van der Waals surface area contributed by atoms with E-state index in [1.54, 1.807) is 12.1 Å². The van der Waals surface area contributed by atoms with Crippen LogP contribution in [0.1, 0.15) is 35.7 Å². The van der Waals surface area contributed by atoms with Crippen molar-refractivity contribution in [2.75, 3.05) is 6.54 Å². The van der Waals surface area contributed by atoms with Crippen LogP contribution in [0.4, 0.5) is 0 Å². The minimum absolute atomic E-state index is 0.129. The molecule has 1 aromatic carbocycles. The number of nitrogens with two attached hydrogens (primary N) is 1. The SMILES string of the molecule is CCCCc1ccc(C(=O)NCC(N)=O)cc1. The Hall–Kier alpha value is -1.84. The first-order chi connectivity index (χ1) is 8.13. The molecule has 0 radical (unpaired) electrons. The number of primary amides is 1. The average Bonchev–Trinajstić information content (AvgIpc) is 2.34. The smallest absolute Gasteiger partial charge is 0.251 e. The van der Waals surface area contributed by atoms with Crippen LogP contribution in [-0.4, -0.2) is 18.4 Å². The summed E-state index contributed by atoms with van der Waals surface area (Å²) in [5, 5.41) is 2.45. The van der Waals surface area contributed by atoms with Gasteiger partial charge in [-0.1, -0.05) is 25.5 Å². The van der Waals surface area contributed by atoms with Gasteiger partial charge in [0.15, 0.2) is 0 Å². The van der Waals surface area contributed by atoms with Crippen LogP contribution < -0.4 is 11.1 Å². The second kappa shape index (κ2) is 6.68.